The van der Waals surface area contributed by atoms with Crippen molar-refractivity contribution in [2.75, 3.05) is 25.0 Å². The average Bonchev–Trinajstić information content (AvgIpc) is 3.57. The molecule has 2 aliphatic rings. The van der Waals surface area contributed by atoms with Crippen LogP contribution in [-0.2, 0) is 9.59 Å². The van der Waals surface area contributed by atoms with E-state index in [9.17, 15) is 23.6 Å². The Morgan fingerprint density at radius 3 is 2.67 bits per heavy atom. The number of nitrogens with zero attached hydrogens (tertiary/aromatic N) is 3. The third-order valence-electron chi connectivity index (χ3n) is 5.74. The monoisotopic (exact) mass is 456 g/mol. The number of carbonyl (C=O) groups excluding carboxylic acids is 2. The Bertz CT molecular complexity index is 1110. The predicted octanol–water partition coefficient (Wildman–Crippen LogP) is 2.23. The normalized spacial score (nSPS) is 24.0. The van der Waals surface area contributed by atoms with E-state index in [2.05, 4.69) is 10.3 Å². The molecule has 10 heteroatoms. The number of piperidine rings is 1. The number of amides is 2. The molecule has 1 aliphatic carbocycles. The van der Waals surface area contributed by atoms with Crippen LogP contribution in [0.1, 0.15) is 18.4 Å². The van der Waals surface area contributed by atoms with Crippen LogP contribution in [0.25, 0.3) is 11.1 Å². The second-order valence-corrected chi connectivity index (χ2v) is 8.06. The average molecular weight is 456 g/mol. The predicted molar refractivity (Wildman–Crippen MR) is 114 cm³/mol. The minimum atomic E-state index is -1.46. The Morgan fingerprint density at radius 2 is 2.00 bits per heavy atom. The second-order valence-electron chi connectivity index (χ2n) is 8.06. The van der Waals surface area contributed by atoms with Crippen molar-refractivity contribution in [2.24, 2.45) is 5.92 Å². The molecule has 1 aromatic carbocycles. The SMILES string of the molecule is N#Cc1cc(-c2ccnc(NC(=O)C3C[C@@H]3F)c2)ccc1O[C@H]1CCN(C(=O)CO)C[C@H]1F. The van der Waals surface area contributed by atoms with Crippen molar-refractivity contribution in [1.82, 2.24) is 9.88 Å². The van der Waals surface area contributed by atoms with Gasteiger partial charge in [-0.25, -0.2) is 13.8 Å². The van der Waals surface area contributed by atoms with E-state index in [0.717, 1.165) is 0 Å². The Hall–Kier alpha value is -3.58. The number of aliphatic hydroxyl groups excluding tert-OH is 1. The highest BCUT2D eigenvalue weighted by molar-refractivity contribution is 5.94. The standard InChI is InChI=1S/C23H22F2N4O4/c24-17-9-16(17)23(32)28-21-8-14(3-5-27-21)13-1-2-19(15(7-13)10-26)33-20-4-6-29(11-18(20)25)22(31)12-30/h1-3,5,7-8,16-18,20,30H,4,6,9,11-12H2,(H,27,28,32)/t16?,17-,18+,20-/m0/s1. The number of aliphatic hydroxyl groups is 1. The van der Waals surface area contributed by atoms with E-state index in [-0.39, 0.29) is 43.1 Å². The Labute approximate surface area is 188 Å². The van der Waals surface area contributed by atoms with Crippen LogP contribution in [0.4, 0.5) is 14.6 Å². The van der Waals surface area contributed by atoms with Crippen LogP contribution >= 0.6 is 0 Å². The van der Waals surface area contributed by atoms with Crippen LogP contribution in [0.5, 0.6) is 5.75 Å². The molecule has 1 aliphatic heterocycles. The largest absolute Gasteiger partial charge is 0.486 e. The van der Waals surface area contributed by atoms with Gasteiger partial charge in [0.15, 0.2) is 6.17 Å². The van der Waals surface area contributed by atoms with Gasteiger partial charge in [-0.2, -0.15) is 5.26 Å². The summed E-state index contributed by atoms with van der Waals surface area (Å²) < 4.78 is 33.4. The van der Waals surface area contributed by atoms with Crippen molar-refractivity contribution in [1.29, 1.82) is 5.26 Å². The van der Waals surface area contributed by atoms with Gasteiger partial charge in [0.05, 0.1) is 18.0 Å². The maximum absolute atomic E-state index is 14.5. The summed E-state index contributed by atoms with van der Waals surface area (Å²) in [6.07, 6.45) is -1.44. The highest BCUT2D eigenvalue weighted by Crippen LogP contribution is 2.35. The topological polar surface area (TPSA) is 116 Å². The minimum absolute atomic E-state index is 0.181. The van der Waals surface area contributed by atoms with Crippen molar-refractivity contribution < 1.29 is 28.2 Å². The summed E-state index contributed by atoms with van der Waals surface area (Å²) in [4.78, 5) is 28.8. The highest BCUT2D eigenvalue weighted by Gasteiger charge is 2.43. The van der Waals surface area contributed by atoms with Gasteiger partial charge in [0.25, 0.3) is 0 Å². The van der Waals surface area contributed by atoms with Crippen molar-refractivity contribution >= 4 is 17.6 Å². The van der Waals surface area contributed by atoms with Crippen molar-refractivity contribution in [3.63, 3.8) is 0 Å². The van der Waals surface area contributed by atoms with Crippen LogP contribution in [-0.4, -0.2) is 64.9 Å². The number of anilines is 1. The molecule has 1 saturated heterocycles. The lowest BCUT2D eigenvalue weighted by Gasteiger charge is -2.34. The molecule has 1 unspecified atom stereocenters. The first-order valence-corrected chi connectivity index (χ1v) is 10.5. The number of benzene rings is 1. The molecular weight excluding hydrogens is 434 g/mol. The van der Waals surface area contributed by atoms with Crippen molar-refractivity contribution in [3.05, 3.63) is 42.1 Å². The quantitative estimate of drug-likeness (QED) is 0.689. The first kappa shape index (κ1) is 22.6. The van der Waals surface area contributed by atoms with Gasteiger partial charge in [-0.05, 0) is 41.8 Å². The van der Waals surface area contributed by atoms with Gasteiger partial charge in [-0.15, -0.1) is 0 Å². The van der Waals surface area contributed by atoms with Gasteiger partial charge in [0.1, 0.15) is 36.5 Å². The van der Waals surface area contributed by atoms with Crippen molar-refractivity contribution in [3.8, 4) is 22.9 Å². The van der Waals surface area contributed by atoms with E-state index in [1.165, 1.54) is 11.1 Å². The Kier molecular flexibility index (Phi) is 6.51. The van der Waals surface area contributed by atoms with Gasteiger partial charge in [-0.3, -0.25) is 9.59 Å². The third-order valence-corrected chi connectivity index (χ3v) is 5.74. The molecule has 4 atom stereocenters. The fourth-order valence-corrected chi connectivity index (χ4v) is 3.74. The van der Waals surface area contributed by atoms with E-state index < -0.39 is 42.8 Å². The van der Waals surface area contributed by atoms with Crippen LogP contribution < -0.4 is 10.1 Å². The molecule has 4 rings (SSSR count). The van der Waals surface area contributed by atoms with E-state index in [1.54, 1.807) is 30.3 Å². The molecule has 8 nitrogen and oxygen atoms in total. The lowest BCUT2D eigenvalue weighted by Crippen LogP contribution is -2.50. The van der Waals surface area contributed by atoms with Gasteiger partial charge in [0.2, 0.25) is 11.8 Å². The van der Waals surface area contributed by atoms with E-state index >= 15 is 0 Å². The van der Waals surface area contributed by atoms with Crippen LogP contribution in [0, 0.1) is 17.2 Å². The first-order valence-electron chi connectivity index (χ1n) is 10.5. The number of alkyl halides is 2. The summed E-state index contributed by atoms with van der Waals surface area (Å²) in [6, 6.07) is 10.2. The molecule has 2 N–H and O–H groups in total. The first-order chi connectivity index (χ1) is 15.9. The molecule has 2 fully saturated rings. The number of hydrogen-bond acceptors (Lipinski definition) is 6. The second kappa shape index (κ2) is 9.50. The van der Waals surface area contributed by atoms with Gasteiger partial charge >= 0.3 is 0 Å². The fraction of sp³-hybridized carbons (Fsp3) is 0.391. The number of nitrogens with one attached hydrogen (secondary N) is 1. The Morgan fingerprint density at radius 1 is 1.24 bits per heavy atom. The smallest absolute Gasteiger partial charge is 0.248 e. The zero-order valence-corrected chi connectivity index (χ0v) is 17.6. The number of rotatable bonds is 6. The third kappa shape index (κ3) is 5.09. The molecule has 1 saturated carbocycles. The summed E-state index contributed by atoms with van der Waals surface area (Å²) in [6.45, 7) is -0.602. The van der Waals surface area contributed by atoms with Gasteiger partial charge in [0, 0.05) is 19.2 Å². The number of halogens is 2. The number of carbonyl (C=O) groups is 2. The zero-order chi connectivity index (χ0) is 23.5. The van der Waals surface area contributed by atoms with Gasteiger partial charge in [-0.1, -0.05) is 6.07 Å². The highest BCUT2D eigenvalue weighted by atomic mass is 19.1. The molecular formula is C23H22F2N4O4. The summed E-state index contributed by atoms with van der Waals surface area (Å²) >= 11 is 0. The summed E-state index contributed by atoms with van der Waals surface area (Å²) in [5, 5.41) is 21.1. The number of aromatic nitrogens is 1. The maximum Gasteiger partial charge on any atom is 0.248 e. The lowest BCUT2D eigenvalue weighted by atomic mass is 10.0. The molecule has 0 radical (unpaired) electrons. The van der Waals surface area contributed by atoms with Crippen LogP contribution in [0.2, 0.25) is 0 Å². The molecule has 2 aromatic rings. The fourth-order valence-electron chi connectivity index (χ4n) is 3.74. The molecule has 33 heavy (non-hydrogen) atoms. The summed E-state index contributed by atoms with van der Waals surface area (Å²) in [5.74, 6) is -1.08. The number of ether oxygens (including phenoxy) is 1. The maximum atomic E-state index is 14.5. The molecule has 0 spiro atoms. The van der Waals surface area contributed by atoms with E-state index in [4.69, 9.17) is 9.84 Å². The molecule has 2 heterocycles. The summed E-state index contributed by atoms with van der Waals surface area (Å²) in [5.41, 5.74) is 1.54. The minimum Gasteiger partial charge on any atom is -0.486 e. The number of nitriles is 1. The molecule has 172 valence electrons. The van der Waals surface area contributed by atoms with Crippen LogP contribution in [0.15, 0.2) is 36.5 Å². The van der Waals surface area contributed by atoms with Crippen LogP contribution in [0.3, 0.4) is 0 Å². The lowest BCUT2D eigenvalue weighted by molar-refractivity contribution is -0.138. The Balaban J connectivity index is 1.46. The molecule has 1 aromatic heterocycles. The van der Waals surface area contributed by atoms with E-state index in [1.807, 2.05) is 6.07 Å². The van der Waals surface area contributed by atoms with Crippen molar-refractivity contribution in [2.45, 2.75) is 31.3 Å². The van der Waals surface area contributed by atoms with E-state index in [0.29, 0.717) is 11.1 Å². The number of likely N-dealkylation sites (tertiary alicyclic amines) is 1. The zero-order valence-electron chi connectivity index (χ0n) is 17.6. The number of pyridine rings is 1. The van der Waals surface area contributed by atoms with Gasteiger partial charge < -0.3 is 20.1 Å². The molecule has 2 amide bonds. The molecule has 0 bridgehead atoms. The number of hydrogen-bond donors (Lipinski definition) is 2. The summed E-state index contributed by atoms with van der Waals surface area (Å²) in [7, 11) is 0.